The van der Waals surface area contributed by atoms with Crippen LogP contribution in [0, 0.1) is 5.92 Å². The number of nitrogens with zero attached hydrogens (tertiary/aromatic N) is 1. The van der Waals surface area contributed by atoms with Gasteiger partial charge in [0.05, 0.1) is 0 Å². The van der Waals surface area contributed by atoms with Gasteiger partial charge in [0.1, 0.15) is 18.1 Å². The molecule has 1 unspecified atom stereocenters. The molecule has 4 amide bonds. The number of nitrogens with one attached hydrogen (secondary N) is 2. The molecule has 8 heteroatoms. The summed E-state index contributed by atoms with van der Waals surface area (Å²) in [6.45, 7) is 4.39. The minimum atomic E-state index is -0.716. The van der Waals surface area contributed by atoms with Crippen LogP contribution in [0.2, 0.25) is 0 Å². The van der Waals surface area contributed by atoms with Gasteiger partial charge in [-0.3, -0.25) is 19.2 Å². The number of carbonyl (C=O) groups is 4. The molecule has 2 aliphatic rings. The molecule has 0 saturated carbocycles. The average Bonchev–Trinajstić information content (AvgIpc) is 3.02. The van der Waals surface area contributed by atoms with Crippen molar-refractivity contribution in [3.8, 4) is 0 Å². The van der Waals surface area contributed by atoms with Crippen molar-refractivity contribution >= 4 is 23.6 Å². The predicted octanol–water partition coefficient (Wildman–Crippen LogP) is -0.338. The van der Waals surface area contributed by atoms with E-state index in [4.69, 9.17) is 5.73 Å². The van der Waals surface area contributed by atoms with Crippen molar-refractivity contribution in [1.82, 2.24) is 15.5 Å². The molecule has 2 heterocycles. The van der Waals surface area contributed by atoms with Gasteiger partial charge in [0.2, 0.25) is 23.6 Å². The number of hydrogen-bond donors (Lipinski definition) is 3. The SMILES string of the molecule is CC(C)C[C@H](NC(=O)C1CCCC(=O)N1)C(=O)N1CCC[C@H]1C(N)=O. The second-order valence-corrected chi connectivity index (χ2v) is 7.30. The van der Waals surface area contributed by atoms with Crippen LogP contribution in [-0.2, 0) is 19.2 Å². The first-order chi connectivity index (χ1) is 11.8. The van der Waals surface area contributed by atoms with Gasteiger partial charge >= 0.3 is 0 Å². The number of nitrogens with two attached hydrogens (primary N) is 1. The van der Waals surface area contributed by atoms with Crippen molar-refractivity contribution < 1.29 is 19.2 Å². The van der Waals surface area contributed by atoms with E-state index in [1.165, 1.54) is 4.90 Å². The molecule has 8 nitrogen and oxygen atoms in total. The maximum Gasteiger partial charge on any atom is 0.245 e. The Morgan fingerprint density at radius 3 is 2.60 bits per heavy atom. The Kier molecular flexibility index (Phi) is 6.39. The Hall–Kier alpha value is -2.12. The van der Waals surface area contributed by atoms with Crippen LogP contribution in [0.15, 0.2) is 0 Å². The van der Waals surface area contributed by atoms with E-state index in [1.54, 1.807) is 0 Å². The molecule has 3 atom stereocenters. The van der Waals surface area contributed by atoms with E-state index in [9.17, 15) is 19.2 Å². The van der Waals surface area contributed by atoms with Crippen LogP contribution in [0.1, 0.15) is 52.4 Å². The Balaban J connectivity index is 2.07. The van der Waals surface area contributed by atoms with Gasteiger partial charge in [-0.15, -0.1) is 0 Å². The molecule has 0 bridgehead atoms. The molecule has 0 spiro atoms. The van der Waals surface area contributed by atoms with Gasteiger partial charge in [-0.25, -0.2) is 0 Å². The Bertz CT molecular complexity index is 549. The Morgan fingerprint density at radius 1 is 1.28 bits per heavy atom. The minimum Gasteiger partial charge on any atom is -0.368 e. The van der Waals surface area contributed by atoms with Crippen molar-refractivity contribution in [3.05, 3.63) is 0 Å². The topological polar surface area (TPSA) is 122 Å². The molecule has 140 valence electrons. The Morgan fingerprint density at radius 2 is 2.00 bits per heavy atom. The number of piperidine rings is 1. The van der Waals surface area contributed by atoms with Crippen LogP contribution in [0.25, 0.3) is 0 Å². The van der Waals surface area contributed by atoms with E-state index in [2.05, 4.69) is 10.6 Å². The lowest BCUT2D eigenvalue weighted by Crippen LogP contribution is -2.57. The number of amides is 4. The molecule has 2 fully saturated rings. The smallest absolute Gasteiger partial charge is 0.245 e. The summed E-state index contributed by atoms with van der Waals surface area (Å²) >= 11 is 0. The van der Waals surface area contributed by atoms with E-state index in [0.29, 0.717) is 38.6 Å². The maximum atomic E-state index is 12.9. The van der Waals surface area contributed by atoms with Crippen molar-refractivity contribution in [3.63, 3.8) is 0 Å². The van der Waals surface area contributed by atoms with Gasteiger partial charge in [0.25, 0.3) is 0 Å². The molecule has 4 N–H and O–H groups in total. The van der Waals surface area contributed by atoms with Crippen molar-refractivity contribution in [2.24, 2.45) is 11.7 Å². The highest BCUT2D eigenvalue weighted by molar-refractivity contribution is 5.94. The molecular weight excluding hydrogens is 324 g/mol. The van der Waals surface area contributed by atoms with Crippen molar-refractivity contribution in [2.75, 3.05) is 6.54 Å². The predicted molar refractivity (Wildman–Crippen MR) is 91.1 cm³/mol. The van der Waals surface area contributed by atoms with Crippen LogP contribution >= 0.6 is 0 Å². The van der Waals surface area contributed by atoms with Gasteiger partial charge in [-0.05, 0) is 38.0 Å². The first-order valence-electron chi connectivity index (χ1n) is 8.99. The minimum absolute atomic E-state index is 0.147. The third-order valence-corrected chi connectivity index (χ3v) is 4.73. The highest BCUT2D eigenvalue weighted by Gasteiger charge is 2.37. The summed E-state index contributed by atoms with van der Waals surface area (Å²) in [5, 5.41) is 5.44. The zero-order valence-corrected chi connectivity index (χ0v) is 14.9. The van der Waals surface area contributed by atoms with E-state index in [1.807, 2.05) is 13.8 Å². The lowest BCUT2D eigenvalue weighted by molar-refractivity contribution is -0.141. The fraction of sp³-hybridized carbons (Fsp3) is 0.765. The molecule has 0 aromatic rings. The molecule has 25 heavy (non-hydrogen) atoms. The summed E-state index contributed by atoms with van der Waals surface area (Å²) in [7, 11) is 0. The number of carbonyl (C=O) groups excluding carboxylic acids is 4. The molecule has 2 rings (SSSR count). The first-order valence-corrected chi connectivity index (χ1v) is 8.99. The highest BCUT2D eigenvalue weighted by atomic mass is 16.2. The molecular formula is C17H28N4O4. The second kappa shape index (κ2) is 8.31. The molecule has 2 saturated heterocycles. The summed E-state index contributed by atoms with van der Waals surface area (Å²) in [6, 6.07) is -1.92. The molecule has 0 aromatic carbocycles. The maximum absolute atomic E-state index is 12.9. The van der Waals surface area contributed by atoms with Crippen LogP contribution in [-0.4, -0.2) is 53.2 Å². The first kappa shape index (κ1) is 19.2. The van der Waals surface area contributed by atoms with Gasteiger partial charge in [0.15, 0.2) is 0 Å². The Labute approximate surface area is 147 Å². The molecule has 0 aliphatic carbocycles. The van der Waals surface area contributed by atoms with Crippen molar-refractivity contribution in [1.29, 1.82) is 0 Å². The highest BCUT2D eigenvalue weighted by Crippen LogP contribution is 2.20. The van der Waals surface area contributed by atoms with Crippen LogP contribution < -0.4 is 16.4 Å². The van der Waals surface area contributed by atoms with E-state index in [-0.39, 0.29) is 23.6 Å². The zero-order chi connectivity index (χ0) is 18.6. The summed E-state index contributed by atoms with van der Waals surface area (Å²) in [4.78, 5) is 49.9. The second-order valence-electron chi connectivity index (χ2n) is 7.30. The van der Waals surface area contributed by atoms with Gasteiger partial charge < -0.3 is 21.3 Å². The van der Waals surface area contributed by atoms with Crippen LogP contribution in [0.5, 0.6) is 0 Å². The fourth-order valence-electron chi connectivity index (χ4n) is 3.49. The molecule has 0 radical (unpaired) electrons. The van der Waals surface area contributed by atoms with Crippen molar-refractivity contribution in [2.45, 2.75) is 70.5 Å². The number of rotatable bonds is 6. The van der Waals surface area contributed by atoms with E-state index >= 15 is 0 Å². The lowest BCUT2D eigenvalue weighted by atomic mass is 9.99. The standard InChI is InChI=1S/C17H28N4O4/c1-10(2)9-12(17(25)21-8-4-6-13(21)15(18)23)20-16(24)11-5-3-7-14(22)19-11/h10-13H,3-9H2,1-2H3,(H2,18,23)(H,19,22)(H,20,24)/t11?,12-,13-/m0/s1. The molecule has 2 aliphatic heterocycles. The van der Waals surface area contributed by atoms with E-state index < -0.39 is 24.0 Å². The van der Waals surface area contributed by atoms with Crippen LogP contribution in [0.3, 0.4) is 0 Å². The number of likely N-dealkylation sites (tertiary alicyclic amines) is 1. The summed E-state index contributed by atoms with van der Waals surface area (Å²) in [5.41, 5.74) is 5.39. The van der Waals surface area contributed by atoms with E-state index in [0.717, 1.165) is 6.42 Å². The van der Waals surface area contributed by atoms with Crippen LogP contribution in [0.4, 0.5) is 0 Å². The lowest BCUT2D eigenvalue weighted by Gasteiger charge is -2.30. The van der Waals surface area contributed by atoms with Gasteiger partial charge in [-0.1, -0.05) is 13.8 Å². The third-order valence-electron chi connectivity index (χ3n) is 4.73. The van der Waals surface area contributed by atoms with Gasteiger partial charge in [0, 0.05) is 13.0 Å². The largest absolute Gasteiger partial charge is 0.368 e. The monoisotopic (exact) mass is 352 g/mol. The third kappa shape index (κ3) is 4.93. The van der Waals surface area contributed by atoms with Gasteiger partial charge in [-0.2, -0.15) is 0 Å². The summed E-state index contributed by atoms with van der Waals surface area (Å²) in [6.07, 6.45) is 3.39. The number of primary amides is 1. The zero-order valence-electron chi connectivity index (χ0n) is 14.9. The fourth-order valence-corrected chi connectivity index (χ4v) is 3.49. The quantitative estimate of drug-likeness (QED) is 0.605. The molecule has 0 aromatic heterocycles. The average molecular weight is 352 g/mol. The summed E-state index contributed by atoms with van der Waals surface area (Å²) in [5.74, 6) is -1.09. The summed E-state index contributed by atoms with van der Waals surface area (Å²) < 4.78 is 0. The normalized spacial score (nSPS) is 24.8. The number of hydrogen-bond acceptors (Lipinski definition) is 4.